The van der Waals surface area contributed by atoms with Crippen LogP contribution < -0.4 is 5.32 Å². The van der Waals surface area contributed by atoms with Crippen LogP contribution in [-0.4, -0.2) is 35.0 Å². The third-order valence-electron chi connectivity index (χ3n) is 8.07. The third kappa shape index (κ3) is 6.07. The van der Waals surface area contributed by atoms with Crippen LogP contribution in [0.4, 0.5) is 0 Å². The number of hydrogen-bond donors (Lipinski definition) is 2. The Morgan fingerprint density at radius 3 is 2.38 bits per heavy atom. The Bertz CT molecular complexity index is 1420. The van der Waals surface area contributed by atoms with Crippen molar-refractivity contribution < 1.29 is 9.90 Å². The molecule has 2 N–H and O–H groups in total. The van der Waals surface area contributed by atoms with Crippen LogP contribution in [0, 0.1) is 0 Å². The van der Waals surface area contributed by atoms with E-state index in [-0.39, 0.29) is 18.6 Å². The Morgan fingerprint density at radius 1 is 1.00 bits per heavy atom. The largest absolute Gasteiger partial charge is 0.392 e. The van der Waals surface area contributed by atoms with Gasteiger partial charge in [-0.05, 0) is 79.1 Å². The standard InChI is InChI=1S/C33H37ClN2O2S/c1-3-6-23-13-14-25(24-11-9-22(21-37)10-12-24)19-26(23)20-36(28-17-15-27(35-2)16-18-28)33(38)32-31(34)29-7-4-5-8-30(29)39-32/h4-5,7-14,19,27-28,35,37H,3,6,15-18,20-21H2,1-2H3/t27-,28-. The van der Waals surface area contributed by atoms with Gasteiger partial charge in [-0.2, -0.15) is 0 Å². The summed E-state index contributed by atoms with van der Waals surface area (Å²) in [5.74, 6) is 0.0363. The minimum Gasteiger partial charge on any atom is -0.392 e. The minimum absolute atomic E-state index is 0.0358. The number of amides is 1. The summed E-state index contributed by atoms with van der Waals surface area (Å²) in [7, 11) is 2.03. The highest BCUT2D eigenvalue weighted by Crippen LogP contribution is 2.38. The molecule has 0 spiro atoms. The number of hydrogen-bond acceptors (Lipinski definition) is 4. The molecule has 4 nitrogen and oxygen atoms in total. The summed E-state index contributed by atoms with van der Waals surface area (Å²) in [5.41, 5.74) is 5.62. The second kappa shape index (κ2) is 12.6. The fourth-order valence-corrected chi connectivity index (χ4v) is 7.25. The van der Waals surface area contributed by atoms with Gasteiger partial charge in [0.1, 0.15) is 4.88 Å². The maximum atomic E-state index is 14.3. The summed E-state index contributed by atoms with van der Waals surface area (Å²) in [6.07, 6.45) is 6.09. The smallest absolute Gasteiger partial charge is 0.266 e. The molecule has 1 saturated carbocycles. The Labute approximate surface area is 240 Å². The van der Waals surface area contributed by atoms with Crippen molar-refractivity contribution in [3.05, 3.63) is 93.3 Å². The van der Waals surface area contributed by atoms with Crippen LogP contribution in [0.5, 0.6) is 0 Å². The Hall–Kier alpha value is -2.70. The van der Waals surface area contributed by atoms with Crippen molar-refractivity contribution in [3.8, 4) is 11.1 Å². The molecule has 3 aromatic carbocycles. The number of halogens is 1. The van der Waals surface area contributed by atoms with Crippen molar-refractivity contribution in [1.82, 2.24) is 10.2 Å². The van der Waals surface area contributed by atoms with Crippen LogP contribution >= 0.6 is 22.9 Å². The van der Waals surface area contributed by atoms with Gasteiger partial charge in [0.15, 0.2) is 0 Å². The highest BCUT2D eigenvalue weighted by molar-refractivity contribution is 7.21. The zero-order chi connectivity index (χ0) is 27.4. The number of thiophene rings is 1. The van der Waals surface area contributed by atoms with E-state index in [1.165, 1.54) is 22.5 Å². The van der Waals surface area contributed by atoms with Crippen molar-refractivity contribution in [1.29, 1.82) is 0 Å². The van der Waals surface area contributed by atoms with Crippen LogP contribution in [0.3, 0.4) is 0 Å². The number of rotatable bonds is 9. The predicted molar refractivity (Wildman–Crippen MR) is 164 cm³/mol. The highest BCUT2D eigenvalue weighted by Gasteiger charge is 2.32. The van der Waals surface area contributed by atoms with E-state index in [0.29, 0.717) is 22.5 Å². The molecule has 1 aliphatic rings. The quantitative estimate of drug-likeness (QED) is 0.219. The number of aliphatic hydroxyl groups is 1. The van der Waals surface area contributed by atoms with E-state index >= 15 is 0 Å². The van der Waals surface area contributed by atoms with Gasteiger partial charge >= 0.3 is 0 Å². The van der Waals surface area contributed by atoms with E-state index in [1.54, 1.807) is 0 Å². The van der Waals surface area contributed by atoms with Gasteiger partial charge in [-0.1, -0.05) is 79.5 Å². The lowest BCUT2D eigenvalue weighted by atomic mass is 9.89. The molecule has 1 fully saturated rings. The number of fused-ring (bicyclic) bond motifs is 1. The summed E-state index contributed by atoms with van der Waals surface area (Å²) in [5, 5.41) is 14.4. The van der Waals surface area contributed by atoms with E-state index in [9.17, 15) is 9.90 Å². The Morgan fingerprint density at radius 2 is 1.72 bits per heavy atom. The molecule has 1 aromatic heterocycles. The number of carbonyl (C=O) groups excluding carboxylic acids is 1. The van der Waals surface area contributed by atoms with Gasteiger partial charge in [0, 0.05) is 28.7 Å². The molecule has 0 atom stereocenters. The molecule has 0 radical (unpaired) electrons. The van der Waals surface area contributed by atoms with Gasteiger partial charge in [0.2, 0.25) is 0 Å². The van der Waals surface area contributed by atoms with Gasteiger partial charge < -0.3 is 15.3 Å². The van der Waals surface area contributed by atoms with E-state index < -0.39 is 0 Å². The summed E-state index contributed by atoms with van der Waals surface area (Å²) >= 11 is 8.33. The monoisotopic (exact) mass is 560 g/mol. The SMILES string of the molecule is CCCc1ccc(-c2ccc(CO)cc2)cc1CN(C(=O)c1sc2ccccc2c1Cl)[C@H]1CC[C@H](NC)CC1. The van der Waals surface area contributed by atoms with Crippen molar-refractivity contribution in [2.24, 2.45) is 0 Å². The van der Waals surface area contributed by atoms with Crippen molar-refractivity contribution >= 4 is 38.9 Å². The zero-order valence-corrected chi connectivity index (χ0v) is 24.3. The maximum absolute atomic E-state index is 14.3. The topological polar surface area (TPSA) is 52.6 Å². The molecule has 0 saturated heterocycles. The van der Waals surface area contributed by atoms with E-state index in [4.69, 9.17) is 11.6 Å². The first-order valence-electron chi connectivity index (χ1n) is 14.0. The first-order valence-corrected chi connectivity index (χ1v) is 15.2. The average molecular weight is 561 g/mol. The summed E-state index contributed by atoms with van der Waals surface area (Å²) in [6, 6.07) is 23.4. The molecule has 5 rings (SSSR count). The van der Waals surface area contributed by atoms with Gasteiger partial charge in [-0.15, -0.1) is 11.3 Å². The fourth-order valence-electron chi connectivity index (χ4n) is 5.78. The van der Waals surface area contributed by atoms with Gasteiger partial charge in [0.25, 0.3) is 5.91 Å². The Kier molecular flexibility index (Phi) is 9.03. The summed E-state index contributed by atoms with van der Waals surface area (Å²) in [6.45, 7) is 2.80. The lowest BCUT2D eigenvalue weighted by Gasteiger charge is -2.37. The summed E-state index contributed by atoms with van der Waals surface area (Å²) in [4.78, 5) is 17.0. The average Bonchev–Trinajstić information content (AvgIpc) is 3.33. The number of aliphatic hydroxyl groups excluding tert-OH is 1. The van der Waals surface area contributed by atoms with Gasteiger partial charge in [-0.25, -0.2) is 0 Å². The molecule has 1 heterocycles. The molecule has 0 unspecified atom stereocenters. The number of nitrogens with zero attached hydrogens (tertiary/aromatic N) is 1. The highest BCUT2D eigenvalue weighted by atomic mass is 35.5. The molecular formula is C33H37ClN2O2S. The van der Waals surface area contributed by atoms with E-state index in [0.717, 1.165) is 65.3 Å². The zero-order valence-electron chi connectivity index (χ0n) is 22.8. The molecule has 204 valence electrons. The molecule has 1 amide bonds. The molecule has 1 aliphatic carbocycles. The lowest BCUT2D eigenvalue weighted by Crippen LogP contribution is -2.44. The van der Waals surface area contributed by atoms with Crippen LogP contribution in [0.2, 0.25) is 5.02 Å². The normalized spacial score (nSPS) is 17.4. The number of aryl methyl sites for hydroxylation is 1. The lowest BCUT2D eigenvalue weighted by molar-refractivity contribution is 0.0606. The summed E-state index contributed by atoms with van der Waals surface area (Å²) < 4.78 is 1.05. The second-order valence-electron chi connectivity index (χ2n) is 10.6. The maximum Gasteiger partial charge on any atom is 0.266 e. The number of carbonyl (C=O) groups is 1. The second-order valence-corrected chi connectivity index (χ2v) is 12.0. The number of benzene rings is 3. The number of nitrogens with one attached hydrogen (secondary N) is 1. The van der Waals surface area contributed by atoms with E-state index in [1.807, 2.05) is 43.4 Å². The minimum atomic E-state index is 0.0358. The molecular weight excluding hydrogens is 524 g/mol. The van der Waals surface area contributed by atoms with Crippen LogP contribution in [0.1, 0.15) is 65.4 Å². The fraction of sp³-hybridized carbons (Fsp3) is 0.364. The molecule has 6 heteroatoms. The van der Waals surface area contributed by atoms with Gasteiger partial charge in [0.05, 0.1) is 11.6 Å². The van der Waals surface area contributed by atoms with Crippen molar-refractivity contribution in [2.75, 3.05) is 7.05 Å². The Balaban J connectivity index is 1.53. The van der Waals surface area contributed by atoms with E-state index in [2.05, 4.69) is 47.5 Å². The molecule has 0 aliphatic heterocycles. The predicted octanol–water partition coefficient (Wildman–Crippen LogP) is 7.84. The van der Waals surface area contributed by atoms with Crippen LogP contribution in [0.25, 0.3) is 21.2 Å². The van der Waals surface area contributed by atoms with Gasteiger partial charge in [-0.3, -0.25) is 4.79 Å². The third-order valence-corrected chi connectivity index (χ3v) is 9.74. The molecule has 4 aromatic rings. The first kappa shape index (κ1) is 27.9. The van der Waals surface area contributed by atoms with Crippen molar-refractivity contribution in [2.45, 2.75) is 70.7 Å². The molecule has 39 heavy (non-hydrogen) atoms. The van der Waals surface area contributed by atoms with Crippen LogP contribution in [0.15, 0.2) is 66.7 Å². The van der Waals surface area contributed by atoms with Crippen LogP contribution in [-0.2, 0) is 19.6 Å². The molecule has 0 bridgehead atoms. The van der Waals surface area contributed by atoms with Crippen molar-refractivity contribution in [3.63, 3.8) is 0 Å². The first-order chi connectivity index (χ1) is 19.0.